The Bertz CT molecular complexity index is 691. The van der Waals surface area contributed by atoms with Gasteiger partial charge in [-0.1, -0.05) is 0 Å². The summed E-state index contributed by atoms with van der Waals surface area (Å²) in [4.78, 5) is 11.9. The van der Waals surface area contributed by atoms with Crippen LogP contribution < -0.4 is 5.43 Å². The summed E-state index contributed by atoms with van der Waals surface area (Å²) in [6.07, 6.45) is 1.54. The van der Waals surface area contributed by atoms with E-state index in [1.807, 2.05) is 13.8 Å². The van der Waals surface area contributed by atoms with Crippen molar-refractivity contribution in [2.24, 2.45) is 5.10 Å². The average Bonchev–Trinajstić information content (AvgIpc) is 2.75. The number of amides is 1. The molecule has 2 aromatic rings. The van der Waals surface area contributed by atoms with Crippen LogP contribution in [0.2, 0.25) is 0 Å². The largest absolute Gasteiger partial charge is 0.507 e. The van der Waals surface area contributed by atoms with Crippen LogP contribution in [0.3, 0.4) is 0 Å². The van der Waals surface area contributed by atoms with Gasteiger partial charge in [0.05, 0.1) is 11.8 Å². The summed E-state index contributed by atoms with van der Waals surface area (Å²) in [5.41, 5.74) is 5.28. The zero-order valence-corrected chi connectivity index (χ0v) is 12.5. The number of rotatable bonds is 3. The Kier molecular flexibility index (Phi) is 4.12. The lowest BCUT2D eigenvalue weighted by Crippen LogP contribution is -2.17. The minimum absolute atomic E-state index is 0.278. The Labute approximate surface area is 123 Å². The predicted molar refractivity (Wildman–Crippen MR) is 80.8 cm³/mol. The van der Waals surface area contributed by atoms with Crippen LogP contribution in [0.25, 0.3) is 0 Å². The van der Waals surface area contributed by atoms with E-state index >= 15 is 0 Å². The van der Waals surface area contributed by atoms with Crippen molar-refractivity contribution >= 4 is 12.1 Å². The number of carbonyl (C=O) groups excluding carboxylic acids is 1. The van der Waals surface area contributed by atoms with Gasteiger partial charge in [-0.3, -0.25) is 4.79 Å². The van der Waals surface area contributed by atoms with Crippen LogP contribution in [-0.4, -0.2) is 17.2 Å². The van der Waals surface area contributed by atoms with E-state index in [4.69, 9.17) is 4.42 Å². The molecule has 5 nitrogen and oxygen atoms in total. The molecule has 0 fully saturated rings. The first-order valence-corrected chi connectivity index (χ1v) is 6.59. The zero-order valence-electron chi connectivity index (χ0n) is 12.5. The minimum atomic E-state index is -0.312. The van der Waals surface area contributed by atoms with Gasteiger partial charge in [-0.2, -0.15) is 5.10 Å². The number of nitrogens with zero attached hydrogens (tertiary/aromatic N) is 1. The number of benzene rings is 1. The average molecular weight is 286 g/mol. The molecule has 0 saturated carbocycles. The van der Waals surface area contributed by atoms with Crippen LogP contribution in [0.4, 0.5) is 0 Å². The number of hydrogen-bond acceptors (Lipinski definition) is 4. The van der Waals surface area contributed by atoms with Crippen molar-refractivity contribution in [1.82, 2.24) is 5.43 Å². The molecule has 5 heteroatoms. The van der Waals surface area contributed by atoms with Crippen molar-refractivity contribution in [3.63, 3.8) is 0 Å². The maximum Gasteiger partial charge on any atom is 0.274 e. The van der Waals surface area contributed by atoms with Crippen molar-refractivity contribution in [2.75, 3.05) is 0 Å². The van der Waals surface area contributed by atoms with Crippen molar-refractivity contribution in [1.29, 1.82) is 0 Å². The molecule has 1 aromatic carbocycles. The fraction of sp³-hybridized carbons (Fsp3) is 0.250. The second-order valence-corrected chi connectivity index (χ2v) is 5.03. The molecule has 2 N–H and O–H groups in total. The molecule has 0 bridgehead atoms. The van der Waals surface area contributed by atoms with Gasteiger partial charge in [0.15, 0.2) is 0 Å². The minimum Gasteiger partial charge on any atom is -0.507 e. The number of hydrazone groups is 1. The van der Waals surface area contributed by atoms with Crippen LogP contribution in [0, 0.1) is 27.7 Å². The molecule has 1 heterocycles. The van der Waals surface area contributed by atoms with E-state index in [1.54, 1.807) is 38.3 Å². The first-order chi connectivity index (χ1) is 9.88. The van der Waals surface area contributed by atoms with Gasteiger partial charge in [0.1, 0.15) is 17.3 Å². The van der Waals surface area contributed by atoms with Gasteiger partial charge in [0.25, 0.3) is 5.91 Å². The second-order valence-electron chi connectivity index (χ2n) is 5.03. The van der Waals surface area contributed by atoms with Gasteiger partial charge in [-0.25, -0.2) is 5.43 Å². The van der Waals surface area contributed by atoms with Gasteiger partial charge >= 0.3 is 0 Å². The lowest BCUT2D eigenvalue weighted by atomic mass is 10.1. The molecule has 0 radical (unpaired) electrons. The highest BCUT2D eigenvalue weighted by atomic mass is 16.3. The zero-order chi connectivity index (χ0) is 15.6. The molecular weight excluding hydrogens is 268 g/mol. The maximum atomic E-state index is 11.9. The Balaban J connectivity index is 2.09. The number of hydrogen-bond donors (Lipinski definition) is 2. The molecule has 1 aromatic heterocycles. The molecular formula is C16H18N2O3. The van der Waals surface area contributed by atoms with Crippen LogP contribution in [0.1, 0.15) is 38.6 Å². The lowest BCUT2D eigenvalue weighted by molar-refractivity contribution is 0.0953. The van der Waals surface area contributed by atoms with Gasteiger partial charge in [-0.05, 0) is 62.6 Å². The summed E-state index contributed by atoms with van der Waals surface area (Å²) in [6, 6.07) is 5.27. The van der Waals surface area contributed by atoms with Gasteiger partial charge < -0.3 is 9.52 Å². The molecule has 2 rings (SSSR count). The van der Waals surface area contributed by atoms with E-state index in [0.717, 1.165) is 16.7 Å². The third-order valence-electron chi connectivity index (χ3n) is 3.18. The molecule has 0 aliphatic heterocycles. The standard InChI is InChI=1S/C16H18N2O3/c1-9-5-13(6-10(2)15(9)19)8-17-18-16(20)14-7-11(3)21-12(14)4/h5-8,19H,1-4H3,(H,18,20)/b17-8+. The van der Waals surface area contributed by atoms with Crippen LogP contribution in [0.5, 0.6) is 5.75 Å². The second kappa shape index (κ2) is 5.83. The number of aromatic hydroxyl groups is 1. The summed E-state index contributed by atoms with van der Waals surface area (Å²) in [7, 11) is 0. The molecule has 0 spiro atoms. The van der Waals surface area contributed by atoms with Crippen molar-refractivity contribution in [2.45, 2.75) is 27.7 Å². The summed E-state index contributed by atoms with van der Waals surface area (Å²) in [5, 5.41) is 13.6. The number of phenols is 1. The summed E-state index contributed by atoms with van der Waals surface area (Å²) < 4.78 is 5.30. The Morgan fingerprint density at radius 1 is 1.19 bits per heavy atom. The molecule has 21 heavy (non-hydrogen) atoms. The van der Waals surface area contributed by atoms with Crippen LogP contribution in [-0.2, 0) is 0 Å². The van der Waals surface area contributed by atoms with Gasteiger partial charge in [0.2, 0.25) is 0 Å². The van der Waals surface area contributed by atoms with E-state index in [9.17, 15) is 9.90 Å². The molecule has 0 atom stereocenters. The highest BCUT2D eigenvalue weighted by Gasteiger charge is 2.12. The summed E-state index contributed by atoms with van der Waals surface area (Å²) >= 11 is 0. The Morgan fingerprint density at radius 2 is 1.81 bits per heavy atom. The van der Waals surface area contributed by atoms with Crippen molar-refractivity contribution in [3.05, 3.63) is 52.0 Å². The molecule has 1 amide bonds. The quantitative estimate of drug-likeness (QED) is 0.673. The third-order valence-corrected chi connectivity index (χ3v) is 3.18. The maximum absolute atomic E-state index is 11.9. The number of carbonyl (C=O) groups is 1. The monoisotopic (exact) mass is 286 g/mol. The molecule has 110 valence electrons. The topological polar surface area (TPSA) is 74.8 Å². The smallest absolute Gasteiger partial charge is 0.274 e. The highest BCUT2D eigenvalue weighted by molar-refractivity contribution is 5.95. The van der Waals surface area contributed by atoms with E-state index in [1.165, 1.54) is 0 Å². The number of phenolic OH excluding ortho intramolecular Hbond substituents is 1. The normalized spacial score (nSPS) is 11.0. The van der Waals surface area contributed by atoms with Gasteiger partial charge in [-0.15, -0.1) is 0 Å². The van der Waals surface area contributed by atoms with Crippen molar-refractivity contribution < 1.29 is 14.3 Å². The lowest BCUT2D eigenvalue weighted by Gasteiger charge is -2.04. The fourth-order valence-electron chi connectivity index (χ4n) is 2.15. The van der Waals surface area contributed by atoms with Crippen LogP contribution in [0.15, 0.2) is 27.7 Å². The highest BCUT2D eigenvalue weighted by Crippen LogP contribution is 2.22. The van der Waals surface area contributed by atoms with E-state index in [2.05, 4.69) is 10.5 Å². The first-order valence-electron chi connectivity index (χ1n) is 6.59. The first kappa shape index (κ1) is 14.8. The molecule has 0 saturated heterocycles. The molecule has 0 unspecified atom stereocenters. The fourth-order valence-corrected chi connectivity index (χ4v) is 2.15. The van der Waals surface area contributed by atoms with E-state index in [-0.39, 0.29) is 11.7 Å². The number of nitrogens with one attached hydrogen (secondary N) is 1. The van der Waals surface area contributed by atoms with Gasteiger partial charge in [0, 0.05) is 0 Å². The number of furan rings is 1. The number of aryl methyl sites for hydroxylation is 4. The summed E-state index contributed by atoms with van der Waals surface area (Å²) in [6.45, 7) is 7.15. The predicted octanol–water partition coefficient (Wildman–Crippen LogP) is 2.98. The van der Waals surface area contributed by atoms with Crippen molar-refractivity contribution in [3.8, 4) is 5.75 Å². The Hall–Kier alpha value is -2.56. The Morgan fingerprint density at radius 3 is 2.33 bits per heavy atom. The summed E-state index contributed by atoms with van der Waals surface area (Å²) in [5.74, 6) is 1.22. The van der Waals surface area contributed by atoms with E-state index < -0.39 is 0 Å². The van der Waals surface area contributed by atoms with E-state index in [0.29, 0.717) is 17.1 Å². The molecule has 0 aliphatic carbocycles. The molecule has 0 aliphatic rings. The SMILES string of the molecule is Cc1cc(C(=O)N/N=C/c2cc(C)c(O)c(C)c2)c(C)o1. The third kappa shape index (κ3) is 3.31. The van der Waals surface area contributed by atoms with Crippen LogP contribution >= 0.6 is 0 Å².